The Balaban J connectivity index is 1.83. The highest BCUT2D eigenvalue weighted by Gasteiger charge is 2.09. The molecule has 1 heterocycles. The molecule has 0 unspecified atom stereocenters. The van der Waals surface area contributed by atoms with E-state index in [1.807, 2.05) is 6.08 Å². The van der Waals surface area contributed by atoms with E-state index in [0.717, 1.165) is 24.2 Å². The predicted octanol–water partition coefficient (Wildman–Crippen LogP) is 3.19. The van der Waals surface area contributed by atoms with Crippen LogP contribution in [0.15, 0.2) is 48.9 Å². The number of benzene rings is 1. The fourth-order valence-corrected chi connectivity index (χ4v) is 2.00. The highest BCUT2D eigenvalue weighted by atomic mass is 19.1. The lowest BCUT2D eigenvalue weighted by Gasteiger charge is -2.22. The van der Waals surface area contributed by atoms with Gasteiger partial charge in [0.1, 0.15) is 5.82 Å². The van der Waals surface area contributed by atoms with Crippen molar-refractivity contribution in [3.8, 4) is 0 Å². The van der Waals surface area contributed by atoms with Crippen molar-refractivity contribution in [3.05, 3.63) is 66.0 Å². The van der Waals surface area contributed by atoms with E-state index in [4.69, 9.17) is 0 Å². The van der Waals surface area contributed by atoms with Crippen molar-refractivity contribution < 1.29 is 4.39 Å². The van der Waals surface area contributed by atoms with Crippen molar-refractivity contribution in [2.75, 3.05) is 13.6 Å². The van der Waals surface area contributed by atoms with Gasteiger partial charge in [-0.3, -0.25) is 14.9 Å². The zero-order valence-electron chi connectivity index (χ0n) is 12.4. The van der Waals surface area contributed by atoms with Crippen LogP contribution in [0.2, 0.25) is 0 Å². The van der Waals surface area contributed by atoms with E-state index >= 15 is 0 Å². The number of likely N-dealkylation sites (N-methyl/N-ethyl adjacent to an activating group) is 1. The maximum absolute atomic E-state index is 12.8. The minimum atomic E-state index is -0.207. The van der Waals surface area contributed by atoms with Gasteiger partial charge in [-0.25, -0.2) is 4.39 Å². The zero-order valence-corrected chi connectivity index (χ0v) is 12.4. The molecule has 4 heteroatoms. The van der Waals surface area contributed by atoms with Gasteiger partial charge in [0.05, 0.1) is 5.69 Å². The Kier molecular flexibility index (Phi) is 5.58. The Bertz CT molecular complexity index is 566. The van der Waals surface area contributed by atoms with Crippen molar-refractivity contribution in [2.45, 2.75) is 19.4 Å². The molecule has 0 aliphatic carbocycles. The average molecular weight is 285 g/mol. The van der Waals surface area contributed by atoms with Crippen LogP contribution >= 0.6 is 0 Å². The van der Waals surface area contributed by atoms with E-state index in [2.05, 4.69) is 34.9 Å². The molecule has 1 aromatic heterocycles. The summed E-state index contributed by atoms with van der Waals surface area (Å²) in [4.78, 5) is 10.6. The first-order valence-electron chi connectivity index (χ1n) is 7.02. The molecule has 0 radical (unpaired) electrons. The van der Waals surface area contributed by atoms with Gasteiger partial charge >= 0.3 is 0 Å². The van der Waals surface area contributed by atoms with Gasteiger partial charge in [-0.1, -0.05) is 24.3 Å². The molecule has 1 atom stereocenters. The van der Waals surface area contributed by atoms with Crippen LogP contribution < -0.4 is 0 Å². The second-order valence-corrected chi connectivity index (χ2v) is 5.14. The van der Waals surface area contributed by atoms with E-state index in [0.29, 0.717) is 6.04 Å². The maximum atomic E-state index is 12.8. The van der Waals surface area contributed by atoms with Gasteiger partial charge in [-0.2, -0.15) is 0 Å². The third-order valence-electron chi connectivity index (χ3n) is 3.45. The lowest BCUT2D eigenvalue weighted by Crippen LogP contribution is -2.31. The molecule has 110 valence electrons. The monoisotopic (exact) mass is 285 g/mol. The van der Waals surface area contributed by atoms with Gasteiger partial charge in [-0.15, -0.1) is 0 Å². The van der Waals surface area contributed by atoms with Crippen molar-refractivity contribution in [3.63, 3.8) is 0 Å². The number of halogens is 1. The molecule has 0 amide bonds. The van der Waals surface area contributed by atoms with Crippen LogP contribution in [0.1, 0.15) is 18.2 Å². The third kappa shape index (κ3) is 5.08. The molecule has 1 aromatic carbocycles. The summed E-state index contributed by atoms with van der Waals surface area (Å²) >= 11 is 0. The predicted molar refractivity (Wildman–Crippen MR) is 83.3 cm³/mol. The van der Waals surface area contributed by atoms with E-state index in [-0.39, 0.29) is 5.82 Å². The van der Waals surface area contributed by atoms with E-state index in [1.54, 1.807) is 30.7 Å². The lowest BCUT2D eigenvalue weighted by atomic mass is 10.1. The molecule has 0 N–H and O–H groups in total. The van der Waals surface area contributed by atoms with E-state index in [1.165, 1.54) is 12.1 Å². The van der Waals surface area contributed by atoms with Crippen LogP contribution in [0, 0.1) is 5.82 Å². The highest BCUT2D eigenvalue weighted by Crippen LogP contribution is 2.07. The zero-order chi connectivity index (χ0) is 15.1. The quantitative estimate of drug-likeness (QED) is 0.816. The van der Waals surface area contributed by atoms with Crippen LogP contribution in [0.25, 0.3) is 6.08 Å². The summed E-state index contributed by atoms with van der Waals surface area (Å²) in [7, 11) is 2.08. The maximum Gasteiger partial charge on any atom is 0.123 e. The Labute approximate surface area is 125 Å². The third-order valence-corrected chi connectivity index (χ3v) is 3.45. The molecule has 0 fully saturated rings. The number of hydrogen-bond acceptors (Lipinski definition) is 3. The minimum Gasteiger partial charge on any atom is -0.300 e. The van der Waals surface area contributed by atoms with Crippen molar-refractivity contribution >= 4 is 6.08 Å². The van der Waals surface area contributed by atoms with Crippen LogP contribution in [0.5, 0.6) is 0 Å². The van der Waals surface area contributed by atoms with Gasteiger partial charge in [0, 0.05) is 37.6 Å². The number of nitrogens with zero attached hydrogens (tertiary/aromatic N) is 3. The van der Waals surface area contributed by atoms with E-state index in [9.17, 15) is 4.39 Å². The minimum absolute atomic E-state index is 0.207. The second kappa shape index (κ2) is 7.64. The molecule has 3 nitrogen and oxygen atoms in total. The second-order valence-electron chi connectivity index (χ2n) is 5.14. The Morgan fingerprint density at radius 2 is 2.00 bits per heavy atom. The molecule has 0 aliphatic rings. The number of hydrogen-bond donors (Lipinski definition) is 0. The number of aromatic nitrogens is 2. The van der Waals surface area contributed by atoms with Crippen LogP contribution in [-0.4, -0.2) is 34.5 Å². The smallest absolute Gasteiger partial charge is 0.123 e. The molecule has 2 rings (SSSR count). The lowest BCUT2D eigenvalue weighted by molar-refractivity contribution is 0.281. The molecule has 0 saturated heterocycles. The topological polar surface area (TPSA) is 29.0 Å². The van der Waals surface area contributed by atoms with E-state index < -0.39 is 0 Å². The molecule has 0 aliphatic heterocycles. The van der Waals surface area contributed by atoms with Gasteiger partial charge in [0.2, 0.25) is 0 Å². The van der Waals surface area contributed by atoms with Gasteiger partial charge < -0.3 is 0 Å². The number of rotatable bonds is 6. The molecule has 0 saturated carbocycles. The molecule has 2 aromatic rings. The first-order chi connectivity index (χ1) is 10.1. The molecular formula is C17H20FN3. The fraction of sp³-hybridized carbons (Fsp3) is 0.294. The largest absolute Gasteiger partial charge is 0.300 e. The van der Waals surface area contributed by atoms with Crippen molar-refractivity contribution in [1.29, 1.82) is 0 Å². The van der Waals surface area contributed by atoms with Crippen LogP contribution in [0.4, 0.5) is 4.39 Å². The van der Waals surface area contributed by atoms with Gasteiger partial charge in [0.25, 0.3) is 0 Å². The molecule has 0 bridgehead atoms. The Hall–Kier alpha value is -2.07. The summed E-state index contributed by atoms with van der Waals surface area (Å²) in [6, 6.07) is 6.86. The summed E-state index contributed by atoms with van der Waals surface area (Å²) in [6.45, 7) is 3.00. The first kappa shape index (κ1) is 15.3. The van der Waals surface area contributed by atoms with Crippen molar-refractivity contribution in [1.82, 2.24) is 14.9 Å². The summed E-state index contributed by atoms with van der Waals surface area (Å²) in [6.07, 6.45) is 10.2. The SMILES string of the molecule is C[C@@H](Cc1cnccn1)N(C)C/C=C/c1ccc(F)cc1. The summed E-state index contributed by atoms with van der Waals surface area (Å²) in [5.74, 6) is -0.207. The first-order valence-corrected chi connectivity index (χ1v) is 7.02. The van der Waals surface area contributed by atoms with Crippen LogP contribution in [-0.2, 0) is 6.42 Å². The molecular weight excluding hydrogens is 265 g/mol. The van der Waals surface area contributed by atoms with Gasteiger partial charge in [0.15, 0.2) is 0 Å². The molecule has 21 heavy (non-hydrogen) atoms. The summed E-state index contributed by atoms with van der Waals surface area (Å²) in [5.41, 5.74) is 2.01. The summed E-state index contributed by atoms with van der Waals surface area (Å²) in [5, 5.41) is 0. The summed E-state index contributed by atoms with van der Waals surface area (Å²) < 4.78 is 12.8. The molecule has 0 spiro atoms. The Morgan fingerprint density at radius 3 is 2.67 bits per heavy atom. The normalized spacial score (nSPS) is 13.0. The highest BCUT2D eigenvalue weighted by molar-refractivity contribution is 5.48. The van der Waals surface area contributed by atoms with Crippen molar-refractivity contribution in [2.24, 2.45) is 0 Å². The fourth-order valence-electron chi connectivity index (χ4n) is 2.00. The standard InChI is InChI=1S/C17H20FN3/c1-14(12-17-13-19-9-10-20-17)21(2)11-3-4-15-5-7-16(18)8-6-15/h3-10,13-14H,11-12H2,1-2H3/b4-3+/t14-/m0/s1. The average Bonchev–Trinajstić information content (AvgIpc) is 2.50. The van der Waals surface area contributed by atoms with Crippen LogP contribution in [0.3, 0.4) is 0 Å². The van der Waals surface area contributed by atoms with Gasteiger partial charge in [-0.05, 0) is 31.7 Å². The Morgan fingerprint density at radius 1 is 1.24 bits per heavy atom.